The zero-order valence-electron chi connectivity index (χ0n) is 4.55. The quantitative estimate of drug-likeness (QED) is 0.512. The molecule has 2 atom stereocenters. The van der Waals surface area contributed by atoms with Gasteiger partial charge in [0, 0.05) is 6.04 Å². The minimum atomic E-state index is 0. The van der Waals surface area contributed by atoms with Gasteiger partial charge >= 0.3 is 0 Å². The molecule has 1 saturated carbocycles. The van der Waals surface area contributed by atoms with Crippen LogP contribution < -0.4 is 5.73 Å². The highest BCUT2D eigenvalue weighted by atomic mass is 35.5. The summed E-state index contributed by atoms with van der Waals surface area (Å²) < 4.78 is 0. The first-order chi connectivity index (χ1) is 2.80. The van der Waals surface area contributed by atoms with Crippen LogP contribution in [0.15, 0.2) is 0 Å². The maximum Gasteiger partial charge on any atom is 0.00646 e. The second kappa shape index (κ2) is 2.53. The lowest BCUT2D eigenvalue weighted by atomic mass is 9.82. The molecule has 1 aliphatic carbocycles. The van der Waals surface area contributed by atoms with Crippen LogP contribution >= 0.6 is 12.4 Å². The second-order valence-electron chi connectivity index (χ2n) is 2.22. The molecule has 0 bridgehead atoms. The van der Waals surface area contributed by atoms with Gasteiger partial charge in [-0.1, -0.05) is 6.92 Å². The first-order valence-corrected chi connectivity index (χ1v) is 2.56. The van der Waals surface area contributed by atoms with Crippen molar-refractivity contribution < 1.29 is 0 Å². The molecule has 0 aromatic carbocycles. The van der Waals surface area contributed by atoms with E-state index in [1.54, 1.807) is 0 Å². The van der Waals surface area contributed by atoms with Gasteiger partial charge in [-0.25, -0.2) is 0 Å². The maximum atomic E-state index is 5.52. The maximum absolute atomic E-state index is 5.52. The molecule has 0 unspecified atom stereocenters. The largest absolute Gasteiger partial charge is 0.327 e. The van der Waals surface area contributed by atoms with E-state index in [-0.39, 0.29) is 12.4 Å². The van der Waals surface area contributed by atoms with Crippen LogP contribution in [0.2, 0.25) is 0 Å². The topological polar surface area (TPSA) is 26.0 Å². The number of nitrogens with two attached hydrogens (primary N) is 1. The molecule has 0 aromatic heterocycles. The van der Waals surface area contributed by atoms with E-state index in [1.165, 1.54) is 12.8 Å². The number of rotatable bonds is 0. The summed E-state index contributed by atoms with van der Waals surface area (Å²) in [5, 5.41) is 0. The molecule has 1 nitrogen and oxygen atoms in total. The lowest BCUT2D eigenvalue weighted by molar-refractivity contribution is 0.282. The van der Waals surface area contributed by atoms with Gasteiger partial charge in [-0.05, 0) is 18.8 Å². The smallest absolute Gasteiger partial charge is 0.00646 e. The van der Waals surface area contributed by atoms with E-state index in [2.05, 4.69) is 6.92 Å². The van der Waals surface area contributed by atoms with E-state index in [1.807, 2.05) is 0 Å². The average molecular weight is 122 g/mol. The Morgan fingerprint density at radius 3 is 1.86 bits per heavy atom. The van der Waals surface area contributed by atoms with E-state index in [0.29, 0.717) is 6.04 Å². The van der Waals surface area contributed by atoms with Crippen molar-refractivity contribution in [1.29, 1.82) is 0 Å². The summed E-state index contributed by atoms with van der Waals surface area (Å²) in [6, 6.07) is 0.532. The Hall–Kier alpha value is 0.250. The van der Waals surface area contributed by atoms with Crippen LogP contribution in [0.4, 0.5) is 0 Å². The van der Waals surface area contributed by atoms with Crippen molar-refractivity contribution in [3.8, 4) is 0 Å². The fraction of sp³-hybridized carbons (Fsp3) is 1.00. The standard InChI is InChI=1S/C5H11N.ClH/c1-4-2-3-5(4)6;/h4-5H,2-3,6H2,1H3;1H/t4-,5+;/m0./s1. The van der Waals surface area contributed by atoms with Crippen LogP contribution in [-0.2, 0) is 0 Å². The zero-order chi connectivity index (χ0) is 4.57. The Balaban J connectivity index is 0.000000360. The minimum absolute atomic E-state index is 0. The number of hydrogen-bond donors (Lipinski definition) is 1. The third kappa shape index (κ3) is 1.32. The van der Waals surface area contributed by atoms with Crippen LogP contribution in [-0.4, -0.2) is 6.04 Å². The number of halogens is 1. The van der Waals surface area contributed by atoms with Gasteiger partial charge in [0.05, 0.1) is 0 Å². The average Bonchev–Trinajstić information content (AvgIpc) is 1.61. The first-order valence-electron chi connectivity index (χ1n) is 2.56. The van der Waals surface area contributed by atoms with Crippen LogP contribution in [0.1, 0.15) is 19.8 Å². The van der Waals surface area contributed by atoms with Gasteiger partial charge in [0.15, 0.2) is 0 Å². The summed E-state index contributed by atoms with van der Waals surface area (Å²) in [7, 11) is 0. The molecule has 0 saturated heterocycles. The minimum Gasteiger partial charge on any atom is -0.327 e. The monoisotopic (exact) mass is 121 g/mol. The van der Waals surface area contributed by atoms with Crippen LogP contribution in [0.25, 0.3) is 0 Å². The molecule has 1 rings (SSSR count). The molecule has 1 fully saturated rings. The molecule has 0 spiro atoms. The highest BCUT2D eigenvalue weighted by Crippen LogP contribution is 2.23. The second-order valence-corrected chi connectivity index (χ2v) is 2.22. The highest BCUT2D eigenvalue weighted by Gasteiger charge is 2.21. The lowest BCUT2D eigenvalue weighted by Gasteiger charge is -2.29. The SMILES string of the molecule is C[C@H]1CC[C@H]1N.Cl. The highest BCUT2D eigenvalue weighted by molar-refractivity contribution is 5.85. The van der Waals surface area contributed by atoms with Crippen molar-refractivity contribution >= 4 is 12.4 Å². The van der Waals surface area contributed by atoms with E-state index in [9.17, 15) is 0 Å². The molecular weight excluding hydrogens is 110 g/mol. The van der Waals surface area contributed by atoms with Crippen LogP contribution in [0.3, 0.4) is 0 Å². The fourth-order valence-corrected chi connectivity index (χ4v) is 0.692. The summed E-state index contributed by atoms with van der Waals surface area (Å²) in [5.74, 6) is 0.810. The molecule has 7 heavy (non-hydrogen) atoms. The van der Waals surface area contributed by atoms with E-state index in [4.69, 9.17) is 5.73 Å². The van der Waals surface area contributed by atoms with Crippen LogP contribution in [0, 0.1) is 5.92 Å². The van der Waals surface area contributed by atoms with Crippen molar-refractivity contribution in [2.24, 2.45) is 11.7 Å². The Labute approximate surface area is 50.7 Å². The molecular formula is C5H12ClN. The molecule has 2 heteroatoms. The molecule has 0 aliphatic heterocycles. The van der Waals surface area contributed by atoms with Crippen molar-refractivity contribution in [1.82, 2.24) is 0 Å². The van der Waals surface area contributed by atoms with E-state index < -0.39 is 0 Å². The zero-order valence-corrected chi connectivity index (χ0v) is 5.37. The molecule has 0 radical (unpaired) electrons. The lowest BCUT2D eigenvalue weighted by Crippen LogP contribution is -2.37. The number of hydrogen-bond acceptors (Lipinski definition) is 1. The molecule has 0 heterocycles. The van der Waals surface area contributed by atoms with E-state index in [0.717, 1.165) is 5.92 Å². The normalized spacial score (nSPS) is 38.6. The van der Waals surface area contributed by atoms with Crippen molar-refractivity contribution in [2.75, 3.05) is 0 Å². The van der Waals surface area contributed by atoms with Crippen molar-refractivity contribution in [3.05, 3.63) is 0 Å². The van der Waals surface area contributed by atoms with Gasteiger partial charge in [0.25, 0.3) is 0 Å². The summed E-state index contributed by atoms with van der Waals surface area (Å²) in [4.78, 5) is 0. The molecule has 1 aliphatic rings. The molecule has 0 amide bonds. The fourth-order valence-electron chi connectivity index (χ4n) is 0.692. The van der Waals surface area contributed by atoms with Crippen LogP contribution in [0.5, 0.6) is 0 Å². The van der Waals surface area contributed by atoms with Gasteiger partial charge in [-0.15, -0.1) is 12.4 Å². The Morgan fingerprint density at radius 1 is 1.43 bits per heavy atom. The summed E-state index contributed by atoms with van der Waals surface area (Å²) in [6.45, 7) is 2.20. The van der Waals surface area contributed by atoms with Gasteiger partial charge in [-0.3, -0.25) is 0 Å². The Bertz CT molecular complexity index is 48.0. The van der Waals surface area contributed by atoms with Crippen molar-refractivity contribution in [2.45, 2.75) is 25.8 Å². The van der Waals surface area contributed by atoms with Gasteiger partial charge in [0.1, 0.15) is 0 Å². The predicted molar refractivity (Wildman–Crippen MR) is 33.6 cm³/mol. The molecule has 44 valence electrons. The Kier molecular flexibility index (Phi) is 2.62. The first kappa shape index (κ1) is 7.25. The summed E-state index contributed by atoms with van der Waals surface area (Å²) >= 11 is 0. The summed E-state index contributed by atoms with van der Waals surface area (Å²) in [5.41, 5.74) is 5.52. The predicted octanol–water partition coefficient (Wildman–Crippen LogP) is 1.17. The Morgan fingerprint density at radius 2 is 1.86 bits per heavy atom. The van der Waals surface area contributed by atoms with E-state index >= 15 is 0 Å². The van der Waals surface area contributed by atoms with Gasteiger partial charge in [0.2, 0.25) is 0 Å². The molecule has 2 N–H and O–H groups in total. The van der Waals surface area contributed by atoms with Gasteiger partial charge < -0.3 is 5.73 Å². The summed E-state index contributed by atoms with van der Waals surface area (Å²) in [6.07, 6.45) is 2.60. The van der Waals surface area contributed by atoms with Crippen molar-refractivity contribution in [3.63, 3.8) is 0 Å². The molecule has 0 aromatic rings. The van der Waals surface area contributed by atoms with Gasteiger partial charge in [-0.2, -0.15) is 0 Å². The third-order valence-corrected chi connectivity index (χ3v) is 1.69. The third-order valence-electron chi connectivity index (χ3n) is 1.69.